The molecule has 7 heteroatoms. The van der Waals surface area contributed by atoms with Gasteiger partial charge in [-0.05, 0) is 19.0 Å². The number of carboxylic acid groups (broad SMARTS) is 1. The lowest BCUT2D eigenvalue weighted by Crippen LogP contribution is -2.31. The molecule has 1 amide bonds. The summed E-state index contributed by atoms with van der Waals surface area (Å²) in [6, 6.07) is 6.97. The molecule has 0 aliphatic carbocycles. The summed E-state index contributed by atoms with van der Waals surface area (Å²) in [6.07, 6.45) is 2.61. The van der Waals surface area contributed by atoms with E-state index in [9.17, 15) is 14.7 Å². The fourth-order valence-corrected chi connectivity index (χ4v) is 4.13. The van der Waals surface area contributed by atoms with E-state index in [4.69, 9.17) is 0 Å². The van der Waals surface area contributed by atoms with Crippen LogP contribution in [0.3, 0.4) is 0 Å². The predicted octanol–water partition coefficient (Wildman–Crippen LogP) is 2.42. The van der Waals surface area contributed by atoms with Gasteiger partial charge < -0.3 is 10.0 Å². The predicted molar refractivity (Wildman–Crippen MR) is 96.6 cm³/mol. The average molecular weight is 359 g/mol. The number of nitrogens with zero attached hydrogens (tertiary/aromatic N) is 3. The molecule has 1 aromatic heterocycles. The van der Waals surface area contributed by atoms with Crippen LogP contribution in [0, 0.1) is 5.92 Å². The highest BCUT2D eigenvalue weighted by Crippen LogP contribution is 2.30. The molecule has 3 rings (SSSR count). The Labute approximate surface area is 150 Å². The lowest BCUT2D eigenvalue weighted by Gasteiger charge is -2.17. The average Bonchev–Trinajstić information content (AvgIpc) is 3.24. The summed E-state index contributed by atoms with van der Waals surface area (Å²) >= 11 is 1.51. The lowest BCUT2D eigenvalue weighted by molar-refractivity contribution is -0.132. The Balaban J connectivity index is 1.69. The summed E-state index contributed by atoms with van der Waals surface area (Å²) < 4.78 is 0. The number of benzene rings is 1. The molecule has 1 aliphatic heterocycles. The second-order valence-corrected chi connectivity index (χ2v) is 7.54. The number of carboxylic acids is 1. The van der Waals surface area contributed by atoms with Gasteiger partial charge in [-0.2, -0.15) is 0 Å². The van der Waals surface area contributed by atoms with Crippen LogP contribution in [0.15, 0.2) is 30.5 Å². The Morgan fingerprint density at radius 3 is 2.84 bits per heavy atom. The minimum atomic E-state index is -0.935. The van der Waals surface area contributed by atoms with Crippen LogP contribution in [0.5, 0.6) is 0 Å². The highest BCUT2D eigenvalue weighted by Gasteiger charge is 2.29. The molecular weight excluding hydrogens is 338 g/mol. The van der Waals surface area contributed by atoms with Gasteiger partial charge in [0.25, 0.3) is 0 Å². The molecule has 25 heavy (non-hydrogen) atoms. The molecule has 0 spiro atoms. The van der Waals surface area contributed by atoms with Crippen LogP contribution in [0.25, 0.3) is 10.4 Å². The normalized spacial score (nSPS) is 17.6. The SMILES string of the molecule is CN(C)C(=O)[C@H]1CCN(Cc2ncc(-c3ccccc3C(=O)O)s2)C1. The van der Waals surface area contributed by atoms with Crippen molar-refractivity contribution in [2.45, 2.75) is 13.0 Å². The van der Waals surface area contributed by atoms with Crippen LogP contribution >= 0.6 is 11.3 Å². The van der Waals surface area contributed by atoms with Crippen LogP contribution in [0.1, 0.15) is 21.8 Å². The molecule has 1 N–H and O–H groups in total. The smallest absolute Gasteiger partial charge is 0.336 e. The number of hydrogen-bond donors (Lipinski definition) is 1. The zero-order valence-corrected chi connectivity index (χ0v) is 15.1. The molecule has 0 radical (unpaired) electrons. The van der Waals surface area contributed by atoms with Crippen molar-refractivity contribution >= 4 is 23.2 Å². The number of amides is 1. The summed E-state index contributed by atoms with van der Waals surface area (Å²) in [4.78, 5) is 32.6. The molecule has 1 aliphatic rings. The van der Waals surface area contributed by atoms with Gasteiger partial charge in [-0.15, -0.1) is 11.3 Å². The molecule has 0 bridgehead atoms. The zero-order chi connectivity index (χ0) is 18.0. The maximum absolute atomic E-state index is 12.1. The van der Waals surface area contributed by atoms with E-state index in [-0.39, 0.29) is 17.4 Å². The summed E-state index contributed by atoms with van der Waals surface area (Å²) in [5.41, 5.74) is 0.983. The molecule has 132 valence electrons. The van der Waals surface area contributed by atoms with E-state index >= 15 is 0 Å². The van der Waals surface area contributed by atoms with Crippen LogP contribution in [-0.2, 0) is 11.3 Å². The second kappa shape index (κ2) is 7.33. The van der Waals surface area contributed by atoms with Crippen molar-refractivity contribution in [2.24, 2.45) is 5.92 Å². The summed E-state index contributed by atoms with van der Waals surface area (Å²) in [7, 11) is 3.58. The molecule has 2 heterocycles. The summed E-state index contributed by atoms with van der Waals surface area (Å²) in [5.74, 6) is -0.699. The van der Waals surface area contributed by atoms with Gasteiger partial charge in [0.05, 0.1) is 22.9 Å². The van der Waals surface area contributed by atoms with Crippen molar-refractivity contribution in [1.29, 1.82) is 0 Å². The molecule has 1 atom stereocenters. The first-order valence-corrected chi connectivity index (χ1v) is 8.98. The number of aromatic nitrogens is 1. The minimum absolute atomic E-state index is 0.0576. The Morgan fingerprint density at radius 1 is 1.36 bits per heavy atom. The van der Waals surface area contributed by atoms with Gasteiger partial charge in [-0.3, -0.25) is 9.69 Å². The molecule has 0 saturated carbocycles. The number of hydrogen-bond acceptors (Lipinski definition) is 5. The monoisotopic (exact) mass is 359 g/mol. The van der Waals surface area contributed by atoms with Gasteiger partial charge in [0, 0.05) is 32.4 Å². The third-order valence-electron chi connectivity index (χ3n) is 4.40. The van der Waals surface area contributed by atoms with E-state index in [2.05, 4.69) is 9.88 Å². The maximum atomic E-state index is 12.1. The van der Waals surface area contributed by atoms with Gasteiger partial charge in [-0.25, -0.2) is 9.78 Å². The van der Waals surface area contributed by atoms with Crippen molar-refractivity contribution in [3.05, 3.63) is 41.0 Å². The Bertz CT molecular complexity index is 787. The van der Waals surface area contributed by atoms with Gasteiger partial charge in [0.1, 0.15) is 5.01 Å². The Kier molecular flexibility index (Phi) is 5.15. The summed E-state index contributed by atoms with van der Waals surface area (Å²) in [6.45, 7) is 2.32. The third kappa shape index (κ3) is 3.88. The number of thiazole rings is 1. The van der Waals surface area contributed by atoms with Gasteiger partial charge >= 0.3 is 5.97 Å². The van der Waals surface area contributed by atoms with Crippen molar-refractivity contribution in [3.63, 3.8) is 0 Å². The van der Waals surface area contributed by atoms with Crippen molar-refractivity contribution in [2.75, 3.05) is 27.2 Å². The number of carbonyl (C=O) groups is 2. The van der Waals surface area contributed by atoms with Gasteiger partial charge in [0.2, 0.25) is 5.91 Å². The standard InChI is InChI=1S/C18H21N3O3S/c1-20(2)17(22)12-7-8-21(10-12)11-16-19-9-15(25-16)13-5-3-4-6-14(13)18(23)24/h3-6,9,12H,7-8,10-11H2,1-2H3,(H,23,24)/t12-/m0/s1. The quantitative estimate of drug-likeness (QED) is 0.887. The number of carbonyl (C=O) groups excluding carboxylic acids is 1. The van der Waals surface area contributed by atoms with E-state index in [1.807, 2.05) is 12.1 Å². The van der Waals surface area contributed by atoms with E-state index in [1.54, 1.807) is 37.3 Å². The van der Waals surface area contributed by atoms with E-state index in [0.29, 0.717) is 12.1 Å². The van der Waals surface area contributed by atoms with Crippen LogP contribution in [-0.4, -0.2) is 59.0 Å². The van der Waals surface area contributed by atoms with E-state index < -0.39 is 5.97 Å². The molecule has 1 aromatic carbocycles. The van der Waals surface area contributed by atoms with E-state index in [0.717, 1.165) is 29.4 Å². The number of likely N-dealkylation sites (tertiary alicyclic amines) is 1. The first-order valence-electron chi connectivity index (χ1n) is 8.16. The fraction of sp³-hybridized carbons (Fsp3) is 0.389. The molecule has 1 fully saturated rings. The largest absolute Gasteiger partial charge is 0.478 e. The first-order chi connectivity index (χ1) is 12.0. The number of rotatable bonds is 5. The minimum Gasteiger partial charge on any atom is -0.478 e. The first kappa shape index (κ1) is 17.6. The molecule has 0 unspecified atom stereocenters. The van der Waals surface area contributed by atoms with Crippen molar-refractivity contribution in [3.8, 4) is 10.4 Å². The molecule has 2 aromatic rings. The van der Waals surface area contributed by atoms with E-state index in [1.165, 1.54) is 11.3 Å². The highest BCUT2D eigenvalue weighted by molar-refractivity contribution is 7.15. The van der Waals surface area contributed by atoms with Gasteiger partial charge in [0.15, 0.2) is 0 Å². The Morgan fingerprint density at radius 2 is 2.12 bits per heavy atom. The van der Waals surface area contributed by atoms with Crippen LogP contribution < -0.4 is 0 Å². The highest BCUT2D eigenvalue weighted by atomic mass is 32.1. The fourth-order valence-electron chi connectivity index (χ4n) is 3.13. The topological polar surface area (TPSA) is 73.7 Å². The second-order valence-electron chi connectivity index (χ2n) is 6.42. The van der Waals surface area contributed by atoms with Crippen molar-refractivity contribution in [1.82, 2.24) is 14.8 Å². The molecule has 6 nitrogen and oxygen atoms in total. The molecule has 1 saturated heterocycles. The molecular formula is C18H21N3O3S. The zero-order valence-electron chi connectivity index (χ0n) is 14.3. The Hall–Kier alpha value is -2.25. The maximum Gasteiger partial charge on any atom is 0.336 e. The van der Waals surface area contributed by atoms with Crippen LogP contribution in [0.4, 0.5) is 0 Å². The summed E-state index contributed by atoms with van der Waals surface area (Å²) in [5, 5.41) is 10.3. The van der Waals surface area contributed by atoms with Crippen molar-refractivity contribution < 1.29 is 14.7 Å². The lowest BCUT2D eigenvalue weighted by atomic mass is 10.1. The van der Waals surface area contributed by atoms with Crippen LogP contribution in [0.2, 0.25) is 0 Å². The third-order valence-corrected chi connectivity index (χ3v) is 5.41. The number of aromatic carboxylic acids is 1. The van der Waals surface area contributed by atoms with Gasteiger partial charge in [-0.1, -0.05) is 18.2 Å².